The Balaban J connectivity index is 2.02. The van der Waals surface area contributed by atoms with Crippen LogP contribution >= 0.6 is 0 Å². The van der Waals surface area contributed by atoms with Crippen molar-refractivity contribution in [3.05, 3.63) is 53.0 Å². The zero-order chi connectivity index (χ0) is 26.2. The number of ether oxygens (including phenoxy) is 1. The summed E-state index contributed by atoms with van der Waals surface area (Å²) in [7, 11) is 0. The molecule has 1 aliphatic carbocycles. The van der Waals surface area contributed by atoms with Gasteiger partial charge in [-0.1, -0.05) is 39.0 Å². The molecule has 2 aromatic carbocycles. The van der Waals surface area contributed by atoms with E-state index in [0.29, 0.717) is 12.3 Å². The summed E-state index contributed by atoms with van der Waals surface area (Å²) in [6.45, 7) is 2.11. The quantitative estimate of drug-likeness (QED) is 0.404. The van der Waals surface area contributed by atoms with E-state index in [9.17, 15) is 22.0 Å². The lowest BCUT2D eigenvalue weighted by atomic mass is 9.78. The SMILES string of the molecule is [2H]c1c(F)c(-c2c([2H])c(F)c(OC(F)(F)F)c(F)c2[2H])c(F)c([2H])c1CCC1CCC(CC)CC1. The molecule has 170 valence electrons. The maximum atomic E-state index is 15.1. The van der Waals surface area contributed by atoms with Gasteiger partial charge in [-0.05, 0) is 60.0 Å². The number of rotatable bonds is 6. The number of hydrogen-bond acceptors (Lipinski definition) is 1. The number of hydrogen-bond donors (Lipinski definition) is 0. The Morgan fingerprint density at radius 3 is 1.87 bits per heavy atom. The minimum absolute atomic E-state index is 0.00971. The van der Waals surface area contributed by atoms with Gasteiger partial charge in [0.1, 0.15) is 11.6 Å². The highest BCUT2D eigenvalue weighted by Gasteiger charge is 2.34. The lowest BCUT2D eigenvalue weighted by molar-refractivity contribution is -0.276. The smallest absolute Gasteiger partial charge is 0.399 e. The second-order valence-electron chi connectivity index (χ2n) is 7.70. The van der Waals surface area contributed by atoms with E-state index in [1.807, 2.05) is 0 Å². The highest BCUT2D eigenvalue weighted by Crippen LogP contribution is 2.36. The molecule has 0 saturated heterocycles. The highest BCUT2D eigenvalue weighted by atomic mass is 19.4. The second-order valence-corrected chi connectivity index (χ2v) is 7.70. The Hall–Kier alpha value is -2.25. The Kier molecular flexibility index (Phi) is 5.61. The third-order valence-corrected chi connectivity index (χ3v) is 5.64. The van der Waals surface area contributed by atoms with Crippen molar-refractivity contribution in [2.75, 3.05) is 0 Å². The van der Waals surface area contributed by atoms with Crippen LogP contribution in [0.5, 0.6) is 5.75 Å². The van der Waals surface area contributed by atoms with E-state index >= 15 is 8.78 Å². The predicted molar refractivity (Wildman–Crippen MR) is 102 cm³/mol. The molecular weight excluding hydrogens is 425 g/mol. The maximum absolute atomic E-state index is 15.1. The van der Waals surface area contributed by atoms with E-state index in [4.69, 9.17) is 5.48 Å². The van der Waals surface area contributed by atoms with Gasteiger partial charge in [0.2, 0.25) is 5.75 Å². The highest BCUT2D eigenvalue weighted by molar-refractivity contribution is 5.66. The van der Waals surface area contributed by atoms with Gasteiger partial charge >= 0.3 is 6.36 Å². The van der Waals surface area contributed by atoms with Crippen molar-refractivity contribution in [2.24, 2.45) is 11.8 Å². The Morgan fingerprint density at radius 2 is 1.39 bits per heavy atom. The normalized spacial score (nSPS) is 21.3. The molecule has 0 aliphatic heterocycles. The van der Waals surface area contributed by atoms with Crippen molar-refractivity contribution < 1.29 is 41.0 Å². The van der Waals surface area contributed by atoms with Crippen LogP contribution in [0.25, 0.3) is 11.1 Å². The summed E-state index contributed by atoms with van der Waals surface area (Å²) in [6.07, 6.45) is -0.128. The molecule has 0 spiro atoms. The molecule has 0 amide bonds. The number of benzene rings is 2. The molecule has 3 rings (SSSR count). The molecule has 1 aliphatic rings. The lowest BCUT2D eigenvalue weighted by Gasteiger charge is -2.27. The average molecular weight is 452 g/mol. The third kappa shape index (κ3) is 5.92. The van der Waals surface area contributed by atoms with Crippen molar-refractivity contribution >= 4 is 0 Å². The minimum atomic E-state index is -5.56. The zero-order valence-corrected chi connectivity index (χ0v) is 16.7. The summed E-state index contributed by atoms with van der Waals surface area (Å²) < 4.78 is 131. The van der Waals surface area contributed by atoms with Crippen molar-refractivity contribution in [3.63, 3.8) is 0 Å². The molecule has 1 nitrogen and oxygen atoms in total. The molecule has 1 fully saturated rings. The van der Waals surface area contributed by atoms with Crippen LogP contribution in [0.1, 0.15) is 56.5 Å². The predicted octanol–water partition coefficient (Wildman–Crippen LogP) is 7.96. The fraction of sp³-hybridized carbons (Fsp3) is 0.478. The van der Waals surface area contributed by atoms with Crippen LogP contribution in [0.15, 0.2) is 24.2 Å². The summed E-state index contributed by atoms with van der Waals surface area (Å²) in [5.74, 6) is -8.99. The van der Waals surface area contributed by atoms with Crippen LogP contribution in [0.3, 0.4) is 0 Å². The topological polar surface area (TPSA) is 9.23 Å². The first-order valence-electron chi connectivity index (χ1n) is 12.0. The monoisotopic (exact) mass is 452 g/mol. The standard InChI is InChI=1S/C23H23F7O/c1-2-13-3-5-14(6-4-13)7-8-15-9-17(24)21(18(25)10-15)16-11-19(26)22(20(27)12-16)31-23(28,29)30/h9-14H,2-8H2,1H3/i9D,10D,11D,12D. The fourth-order valence-electron chi connectivity index (χ4n) is 3.93. The van der Waals surface area contributed by atoms with Crippen LogP contribution < -0.4 is 4.74 Å². The second kappa shape index (κ2) is 9.49. The summed E-state index contributed by atoms with van der Waals surface area (Å²) >= 11 is 0. The van der Waals surface area contributed by atoms with Gasteiger partial charge in [-0.2, -0.15) is 0 Å². The minimum Gasteiger partial charge on any atom is -0.399 e. The summed E-state index contributed by atoms with van der Waals surface area (Å²) in [5, 5.41) is 0. The molecule has 31 heavy (non-hydrogen) atoms. The van der Waals surface area contributed by atoms with Crippen LogP contribution in [-0.4, -0.2) is 6.36 Å². The average Bonchev–Trinajstić information content (AvgIpc) is 2.81. The molecule has 0 atom stereocenters. The Bertz CT molecular complexity index is 1050. The van der Waals surface area contributed by atoms with Gasteiger partial charge < -0.3 is 4.74 Å². The summed E-state index contributed by atoms with van der Waals surface area (Å²) in [5.41, 5.74) is -3.01. The Labute approximate surface area is 181 Å². The molecule has 2 aromatic rings. The molecule has 0 heterocycles. The van der Waals surface area contributed by atoms with Gasteiger partial charge in [0, 0.05) is 0 Å². The first kappa shape index (κ1) is 18.3. The molecule has 8 heteroatoms. The van der Waals surface area contributed by atoms with Crippen LogP contribution in [-0.2, 0) is 6.42 Å². The first-order chi connectivity index (χ1) is 16.3. The van der Waals surface area contributed by atoms with E-state index in [1.54, 1.807) is 0 Å². The molecule has 0 bridgehead atoms. The van der Waals surface area contributed by atoms with Crippen molar-refractivity contribution in [2.45, 2.75) is 58.2 Å². The maximum Gasteiger partial charge on any atom is 0.573 e. The first-order valence-corrected chi connectivity index (χ1v) is 9.99. The van der Waals surface area contributed by atoms with E-state index in [2.05, 4.69) is 11.7 Å². The van der Waals surface area contributed by atoms with Crippen molar-refractivity contribution in [1.29, 1.82) is 0 Å². The summed E-state index contributed by atoms with van der Waals surface area (Å²) in [6, 6.07) is -5.12. The van der Waals surface area contributed by atoms with Crippen LogP contribution in [0.2, 0.25) is 0 Å². The van der Waals surface area contributed by atoms with E-state index in [0.717, 1.165) is 32.1 Å². The fourth-order valence-corrected chi connectivity index (χ4v) is 3.93. The summed E-state index contributed by atoms with van der Waals surface area (Å²) in [4.78, 5) is 0. The number of alkyl halides is 3. The van der Waals surface area contributed by atoms with Gasteiger partial charge in [0.25, 0.3) is 0 Å². The third-order valence-electron chi connectivity index (χ3n) is 5.64. The zero-order valence-electron chi connectivity index (χ0n) is 20.7. The van der Waals surface area contributed by atoms with Crippen molar-refractivity contribution in [3.8, 4) is 16.9 Å². The van der Waals surface area contributed by atoms with Gasteiger partial charge in [-0.25, -0.2) is 17.6 Å². The van der Waals surface area contributed by atoms with Crippen LogP contribution in [0.4, 0.5) is 30.7 Å². The molecule has 0 radical (unpaired) electrons. The van der Waals surface area contributed by atoms with E-state index < -0.39 is 70.7 Å². The van der Waals surface area contributed by atoms with E-state index in [1.165, 1.54) is 0 Å². The van der Waals surface area contributed by atoms with Gasteiger partial charge in [0.05, 0.1) is 11.0 Å². The van der Waals surface area contributed by atoms with Crippen molar-refractivity contribution in [1.82, 2.24) is 0 Å². The Morgan fingerprint density at radius 1 is 0.871 bits per heavy atom. The lowest BCUT2D eigenvalue weighted by Crippen LogP contribution is -2.19. The largest absolute Gasteiger partial charge is 0.573 e. The van der Waals surface area contributed by atoms with Gasteiger partial charge in [0.15, 0.2) is 11.6 Å². The van der Waals surface area contributed by atoms with Crippen LogP contribution in [0, 0.1) is 35.1 Å². The molecule has 0 aromatic heterocycles. The number of halogens is 7. The van der Waals surface area contributed by atoms with E-state index in [-0.39, 0.29) is 17.9 Å². The molecular formula is C23H23F7O. The molecule has 0 N–H and O–H groups in total. The van der Waals surface area contributed by atoms with Gasteiger partial charge in [-0.15, -0.1) is 13.2 Å². The van der Waals surface area contributed by atoms with Gasteiger partial charge in [-0.3, -0.25) is 0 Å². The molecule has 1 saturated carbocycles. The molecule has 0 unspecified atom stereocenters.